The first-order valence-corrected chi connectivity index (χ1v) is 9.63. The summed E-state index contributed by atoms with van der Waals surface area (Å²) in [4.78, 5) is 0. The molecule has 92 valence electrons. The van der Waals surface area contributed by atoms with Crippen molar-refractivity contribution in [2.45, 2.75) is 77.9 Å². The van der Waals surface area contributed by atoms with Crippen molar-refractivity contribution in [1.82, 2.24) is 0 Å². The van der Waals surface area contributed by atoms with Crippen LogP contribution in [0.15, 0.2) is 0 Å². The zero-order valence-corrected chi connectivity index (χ0v) is 12.4. The van der Waals surface area contributed by atoms with E-state index in [4.69, 9.17) is 4.43 Å². The predicted molar refractivity (Wildman–Crippen MR) is 71.9 cm³/mol. The van der Waals surface area contributed by atoms with Gasteiger partial charge in [0.05, 0.1) is 0 Å². The first-order valence-electron chi connectivity index (χ1n) is 6.64. The van der Waals surface area contributed by atoms with Gasteiger partial charge in [0.15, 0.2) is 8.32 Å². The molecule has 0 unspecified atom stereocenters. The van der Waals surface area contributed by atoms with Gasteiger partial charge in [-0.15, -0.1) is 0 Å². The lowest BCUT2D eigenvalue weighted by Gasteiger charge is -2.26. The molecule has 0 aliphatic carbocycles. The number of rotatable bonds is 9. The Balaban J connectivity index is 3.31. The molecular weight excluding hydrogens is 200 g/mol. The van der Waals surface area contributed by atoms with E-state index < -0.39 is 8.32 Å². The Labute approximate surface area is 97.7 Å². The molecule has 1 nitrogen and oxygen atoms in total. The normalized spacial score (nSPS) is 12.4. The minimum Gasteiger partial charge on any atom is -0.417 e. The Bertz CT molecular complexity index is 143. The molecule has 0 fully saturated rings. The van der Waals surface area contributed by atoms with Crippen LogP contribution in [0.3, 0.4) is 0 Å². The maximum atomic E-state index is 6.04. The molecule has 0 radical (unpaired) electrons. The highest BCUT2D eigenvalue weighted by Gasteiger charge is 2.26. The van der Waals surface area contributed by atoms with E-state index in [1.165, 1.54) is 38.5 Å². The topological polar surface area (TPSA) is 9.23 Å². The Morgan fingerprint density at radius 1 is 0.933 bits per heavy atom. The molecule has 0 aliphatic heterocycles. The highest BCUT2D eigenvalue weighted by molar-refractivity contribution is 6.72. The molecule has 0 saturated carbocycles. The first-order chi connectivity index (χ1) is 7.00. The van der Waals surface area contributed by atoms with Crippen LogP contribution in [0.1, 0.15) is 59.3 Å². The van der Waals surface area contributed by atoms with Crippen molar-refractivity contribution in [3.63, 3.8) is 0 Å². The monoisotopic (exact) mass is 230 g/mol. The third-order valence-corrected chi connectivity index (χ3v) is 7.09. The summed E-state index contributed by atoms with van der Waals surface area (Å²) < 4.78 is 6.04. The highest BCUT2D eigenvalue weighted by atomic mass is 28.4. The maximum Gasteiger partial charge on any atom is 0.189 e. The average Bonchev–Trinajstić information content (AvgIpc) is 2.16. The molecule has 0 bridgehead atoms. The number of hydrogen-bond acceptors (Lipinski definition) is 1. The molecule has 15 heavy (non-hydrogen) atoms. The Morgan fingerprint density at radius 3 is 2.00 bits per heavy atom. The molecule has 0 spiro atoms. The van der Waals surface area contributed by atoms with Crippen LogP contribution in [0.25, 0.3) is 0 Å². The molecule has 0 heterocycles. The van der Waals surface area contributed by atoms with Crippen molar-refractivity contribution >= 4 is 8.32 Å². The van der Waals surface area contributed by atoms with Crippen molar-refractivity contribution in [3.8, 4) is 0 Å². The lowest BCUT2D eigenvalue weighted by Crippen LogP contribution is -2.34. The molecular formula is C13H30OSi. The summed E-state index contributed by atoms with van der Waals surface area (Å²) in [6.45, 7) is 12.5. The Kier molecular flexibility index (Phi) is 8.44. The molecule has 0 aromatic rings. The Hall–Kier alpha value is 0.177. The summed E-state index contributed by atoms with van der Waals surface area (Å²) >= 11 is 0. The van der Waals surface area contributed by atoms with Gasteiger partial charge in [-0.1, -0.05) is 52.9 Å². The van der Waals surface area contributed by atoms with Crippen LogP contribution in [0.5, 0.6) is 0 Å². The van der Waals surface area contributed by atoms with Crippen LogP contribution in [-0.2, 0) is 4.43 Å². The summed E-state index contributed by atoms with van der Waals surface area (Å²) in [6, 6.07) is 0. The molecule has 0 aromatic heterocycles. The summed E-state index contributed by atoms with van der Waals surface area (Å²) in [5, 5.41) is 0. The van der Waals surface area contributed by atoms with Crippen LogP contribution in [0, 0.1) is 0 Å². The van der Waals surface area contributed by atoms with E-state index in [0.717, 1.165) is 12.1 Å². The Morgan fingerprint density at radius 2 is 1.47 bits per heavy atom. The fourth-order valence-corrected chi connectivity index (χ4v) is 2.39. The molecule has 0 aliphatic rings. The van der Waals surface area contributed by atoms with Crippen LogP contribution in [0.2, 0.25) is 18.6 Å². The van der Waals surface area contributed by atoms with Crippen LogP contribution < -0.4 is 0 Å². The molecule has 0 amide bonds. The molecule has 0 saturated heterocycles. The molecule has 0 rings (SSSR count). The van der Waals surface area contributed by atoms with Crippen molar-refractivity contribution in [1.29, 1.82) is 0 Å². The van der Waals surface area contributed by atoms with Gasteiger partial charge in [-0.25, -0.2) is 0 Å². The van der Waals surface area contributed by atoms with Crippen LogP contribution in [0.4, 0.5) is 0 Å². The van der Waals surface area contributed by atoms with Gasteiger partial charge < -0.3 is 4.43 Å². The van der Waals surface area contributed by atoms with Gasteiger partial charge in [0, 0.05) is 6.61 Å². The van der Waals surface area contributed by atoms with Crippen molar-refractivity contribution in [2.75, 3.05) is 6.61 Å². The minimum absolute atomic E-state index is 0.734. The van der Waals surface area contributed by atoms with Crippen molar-refractivity contribution in [3.05, 3.63) is 0 Å². The van der Waals surface area contributed by atoms with E-state index in [1.54, 1.807) is 0 Å². The average molecular weight is 230 g/mol. The quantitative estimate of drug-likeness (QED) is 0.401. The highest BCUT2D eigenvalue weighted by Crippen LogP contribution is 2.21. The fraction of sp³-hybridized carbons (Fsp3) is 1.00. The summed E-state index contributed by atoms with van der Waals surface area (Å²) in [6.07, 6.45) is 8.13. The minimum atomic E-state index is -1.36. The second-order valence-electron chi connectivity index (χ2n) is 5.37. The van der Waals surface area contributed by atoms with E-state index >= 15 is 0 Å². The lowest BCUT2D eigenvalue weighted by molar-refractivity contribution is 0.289. The van der Waals surface area contributed by atoms with Gasteiger partial charge in [0.2, 0.25) is 0 Å². The zero-order valence-electron chi connectivity index (χ0n) is 11.4. The number of hydrogen-bond donors (Lipinski definition) is 0. The van der Waals surface area contributed by atoms with Gasteiger partial charge in [0.25, 0.3) is 0 Å². The second-order valence-corrected chi connectivity index (χ2v) is 10.0. The maximum absolute atomic E-state index is 6.04. The fourth-order valence-electron chi connectivity index (χ4n) is 1.38. The van der Waals surface area contributed by atoms with Gasteiger partial charge in [-0.05, 0) is 25.1 Å². The van der Waals surface area contributed by atoms with Gasteiger partial charge in [-0.2, -0.15) is 0 Å². The second kappa shape index (κ2) is 8.34. The first kappa shape index (κ1) is 15.2. The number of unbranched alkanes of at least 4 members (excludes halogenated alkanes) is 5. The van der Waals surface area contributed by atoms with Gasteiger partial charge >= 0.3 is 0 Å². The molecule has 0 aromatic carbocycles. The third kappa shape index (κ3) is 8.03. The third-order valence-electron chi connectivity index (χ3n) is 3.36. The van der Waals surface area contributed by atoms with Crippen molar-refractivity contribution < 1.29 is 4.43 Å². The predicted octanol–water partition coefficient (Wildman–Crippen LogP) is 4.98. The molecule has 0 N–H and O–H groups in total. The zero-order chi connectivity index (χ0) is 11.7. The van der Waals surface area contributed by atoms with E-state index in [1.807, 2.05) is 0 Å². The van der Waals surface area contributed by atoms with Gasteiger partial charge in [0.1, 0.15) is 0 Å². The van der Waals surface area contributed by atoms with E-state index in [2.05, 4.69) is 33.9 Å². The summed E-state index contributed by atoms with van der Waals surface area (Å²) in [7, 11) is -1.36. The van der Waals surface area contributed by atoms with Gasteiger partial charge in [-0.3, -0.25) is 0 Å². The van der Waals surface area contributed by atoms with E-state index in [9.17, 15) is 0 Å². The van der Waals surface area contributed by atoms with E-state index in [-0.39, 0.29) is 0 Å². The summed E-state index contributed by atoms with van der Waals surface area (Å²) in [5.41, 5.74) is 0.734. The van der Waals surface area contributed by atoms with Crippen molar-refractivity contribution in [2.24, 2.45) is 0 Å². The van der Waals surface area contributed by atoms with Crippen LogP contribution in [-0.4, -0.2) is 14.9 Å². The standard InChI is InChI=1S/C13H30OSi/c1-6-7-8-9-10-11-12-14-15(4,5)13(2)3/h13H,6-12H2,1-5H3. The molecule has 0 atom stereocenters. The largest absolute Gasteiger partial charge is 0.417 e. The lowest BCUT2D eigenvalue weighted by atomic mass is 10.1. The van der Waals surface area contributed by atoms with E-state index in [0.29, 0.717) is 0 Å². The summed E-state index contributed by atoms with van der Waals surface area (Å²) in [5.74, 6) is 0. The smallest absolute Gasteiger partial charge is 0.189 e. The molecule has 2 heteroatoms. The van der Waals surface area contributed by atoms with Crippen LogP contribution >= 0.6 is 0 Å². The SMILES string of the molecule is CCCCCCCCO[Si](C)(C)C(C)C.